The normalized spacial score (nSPS) is 10.8. The molecule has 2 aromatic carbocycles. The second-order valence-corrected chi connectivity index (χ2v) is 24.6. The molecule has 2 rings (SSSR count). The molecule has 0 amide bonds. The average molecular weight is 1440 g/mol. The molecular formula is C81H129ClO19. The van der Waals surface area contributed by atoms with Gasteiger partial charge in [-0.05, 0) is 128 Å². The predicted molar refractivity (Wildman–Crippen MR) is 404 cm³/mol. The summed E-state index contributed by atoms with van der Waals surface area (Å²) in [5, 5.41) is 43.3. The minimum Gasteiger partial charge on any atom is -0.481 e. The van der Waals surface area contributed by atoms with Gasteiger partial charge in [-0.15, -0.1) is 0 Å². The highest BCUT2D eigenvalue weighted by Gasteiger charge is 2.22. The minimum absolute atomic E-state index is 0.0312. The first-order valence-electron chi connectivity index (χ1n) is 36.8. The van der Waals surface area contributed by atoms with E-state index in [1.165, 1.54) is 192 Å². The summed E-state index contributed by atoms with van der Waals surface area (Å²) in [5.41, 5.74) is -0.318. The van der Waals surface area contributed by atoms with E-state index in [2.05, 4.69) is 74.1 Å². The van der Waals surface area contributed by atoms with Crippen LogP contribution in [0, 0.1) is 11.8 Å². The van der Waals surface area contributed by atoms with E-state index < -0.39 is 41.7 Å². The zero-order valence-electron chi connectivity index (χ0n) is 63.1. The van der Waals surface area contributed by atoms with Crippen molar-refractivity contribution in [3.63, 3.8) is 0 Å². The standard InChI is InChI=1S/C20H36O2.C18H32O2.C15H28O3.C12H14O4.C8H6O4.C5H8O2.C3H5ClO2/c1-3-5-6-7-8-9-10-11-12-13-14-15-16-17-18-19-20(21)22-4-2;1-2-3-4-5-6-7-8-9-10-11-12-13-14-15-16-17-18(19)20;1-3-4-5-6-7-8-9-10-11-12-14(13(2)16)15(17)18;1-8(2)7-16-12(15)10-6-4-3-5-9(10)11(13)14;9-7(10)5-3-1-2-4-6(5)8(11)12;1-3-5(7)4(2)6;1-3(5)6-2-4/h8-9,11-12H,3-7,10,13-19H2,1-2H3;6-7,9-10H,2-5,8,11-17H2,1H3,(H,19,20);14H,3-12H2,1-2H3,(H,17,18);3-6,8H,7H2,1-2H3,(H,13,14);1-4H,(H,9,10)(H,11,12);3H2,1-2H3;2H2,1H3/b9-8-,12-11-;7-6-,10-9-;;;;;. The molecule has 0 saturated heterocycles. The van der Waals surface area contributed by atoms with Crippen molar-refractivity contribution in [1.82, 2.24) is 0 Å². The van der Waals surface area contributed by atoms with Gasteiger partial charge >= 0.3 is 47.8 Å². The second kappa shape index (κ2) is 76.6. The third kappa shape index (κ3) is 75.0. The number of allylic oxidation sites excluding steroid dienone is 8. The van der Waals surface area contributed by atoms with Crippen molar-refractivity contribution in [3.8, 4) is 0 Å². The van der Waals surface area contributed by atoms with Gasteiger partial charge in [0, 0.05) is 33.1 Å². The van der Waals surface area contributed by atoms with Crippen LogP contribution in [0.25, 0.3) is 0 Å². The van der Waals surface area contributed by atoms with Gasteiger partial charge in [0.1, 0.15) is 11.7 Å². The van der Waals surface area contributed by atoms with Crippen molar-refractivity contribution in [2.75, 3.05) is 19.3 Å². The molecule has 1 atom stereocenters. The van der Waals surface area contributed by atoms with E-state index in [1.807, 2.05) is 20.8 Å². The summed E-state index contributed by atoms with van der Waals surface area (Å²) in [4.78, 5) is 117. The van der Waals surface area contributed by atoms with Crippen LogP contribution >= 0.6 is 11.6 Å². The highest BCUT2D eigenvalue weighted by molar-refractivity contribution is 6.36. The maximum absolute atomic E-state index is 11.6. The maximum atomic E-state index is 11.6. The third-order valence-electron chi connectivity index (χ3n) is 14.6. The molecule has 0 aliphatic carbocycles. The topological polar surface area (TPSA) is 317 Å². The summed E-state index contributed by atoms with van der Waals surface area (Å²) in [6, 6.07) is 11.4. The molecule has 1 unspecified atom stereocenters. The fraction of sp³-hybridized carbons (Fsp3) is 0.617. The molecule has 0 aromatic heterocycles. The number of hydrogen-bond donors (Lipinski definition) is 5. The van der Waals surface area contributed by atoms with Gasteiger partial charge in [-0.2, -0.15) is 0 Å². The monoisotopic (exact) mass is 1440 g/mol. The number of ketones is 3. The first-order chi connectivity index (χ1) is 48.3. The van der Waals surface area contributed by atoms with Crippen molar-refractivity contribution in [2.45, 2.75) is 294 Å². The van der Waals surface area contributed by atoms with Gasteiger partial charge in [0.05, 0.1) is 35.5 Å². The van der Waals surface area contributed by atoms with Crippen molar-refractivity contribution >= 4 is 76.7 Å². The summed E-state index contributed by atoms with van der Waals surface area (Å²) in [6.07, 6.45) is 57.0. The van der Waals surface area contributed by atoms with Crippen LogP contribution < -0.4 is 0 Å². The molecule has 0 fully saturated rings. The Kier molecular flexibility index (Phi) is 77.5. The van der Waals surface area contributed by atoms with Crippen LogP contribution in [0.1, 0.15) is 335 Å². The second-order valence-electron chi connectivity index (χ2n) is 24.4. The molecule has 0 saturated carbocycles. The van der Waals surface area contributed by atoms with Gasteiger partial charge in [-0.25, -0.2) is 19.2 Å². The predicted octanol–water partition coefficient (Wildman–Crippen LogP) is 21.0. The number of Topliss-reactive ketones (excluding diaryl/α,β-unsaturated/α-hetero) is 3. The smallest absolute Gasteiger partial charge is 0.339 e. The molecule has 20 heteroatoms. The van der Waals surface area contributed by atoms with Gasteiger partial charge in [0.25, 0.3) is 0 Å². The number of ether oxygens (including phenoxy) is 3. The number of rotatable bonds is 50. The molecule has 0 radical (unpaired) electrons. The van der Waals surface area contributed by atoms with E-state index in [0.29, 0.717) is 32.3 Å². The number of carbonyl (C=O) groups excluding carboxylic acids is 6. The van der Waals surface area contributed by atoms with Gasteiger partial charge in [0.15, 0.2) is 17.6 Å². The summed E-state index contributed by atoms with van der Waals surface area (Å²) in [7, 11) is 0. The lowest BCUT2D eigenvalue weighted by molar-refractivity contribution is -0.146. The van der Waals surface area contributed by atoms with E-state index in [4.69, 9.17) is 46.6 Å². The number of unbranched alkanes of at least 4 members (excludes halogenated alkanes) is 24. The van der Waals surface area contributed by atoms with Gasteiger partial charge in [-0.1, -0.05) is 248 Å². The number of alkyl halides is 1. The Labute approximate surface area is 610 Å². The molecule has 0 bridgehead atoms. The van der Waals surface area contributed by atoms with E-state index in [-0.39, 0.29) is 70.1 Å². The quantitative estimate of drug-likeness (QED) is 0.00781. The zero-order chi connectivity index (χ0) is 77.1. The van der Waals surface area contributed by atoms with Gasteiger partial charge in [0.2, 0.25) is 0 Å². The Bertz CT molecular complexity index is 2570. The number of halogens is 1. The van der Waals surface area contributed by atoms with Crippen LogP contribution in [0.2, 0.25) is 0 Å². The van der Waals surface area contributed by atoms with Crippen LogP contribution in [-0.2, 0) is 47.8 Å². The van der Waals surface area contributed by atoms with E-state index in [9.17, 15) is 52.7 Å². The van der Waals surface area contributed by atoms with Crippen LogP contribution in [0.3, 0.4) is 0 Å². The first kappa shape index (κ1) is 102. The third-order valence-corrected chi connectivity index (χ3v) is 14.8. The number of aliphatic carboxylic acids is 2. The molecular weight excluding hydrogens is 1310 g/mol. The molecule has 19 nitrogen and oxygen atoms in total. The molecule has 5 N–H and O–H groups in total. The molecule has 0 spiro atoms. The summed E-state index contributed by atoms with van der Waals surface area (Å²) >= 11 is 4.95. The van der Waals surface area contributed by atoms with Crippen LogP contribution in [0.15, 0.2) is 97.1 Å². The summed E-state index contributed by atoms with van der Waals surface area (Å²) in [6.45, 7) is 18.8. The number of carboxylic acid groups (broad SMARTS) is 5. The number of carbonyl (C=O) groups is 11. The molecule has 574 valence electrons. The lowest BCUT2D eigenvalue weighted by atomic mass is 9.97. The van der Waals surface area contributed by atoms with Crippen molar-refractivity contribution in [3.05, 3.63) is 119 Å². The number of benzene rings is 2. The Hall–Kier alpha value is -7.54. The minimum atomic E-state index is -1.23. The van der Waals surface area contributed by atoms with Crippen LogP contribution in [-0.4, -0.2) is 110 Å². The Morgan fingerprint density at radius 3 is 1.08 bits per heavy atom. The Morgan fingerprint density at radius 2 is 0.772 bits per heavy atom. The summed E-state index contributed by atoms with van der Waals surface area (Å²) in [5.74, 6) is -7.62. The molecule has 0 aliphatic rings. The zero-order valence-corrected chi connectivity index (χ0v) is 63.8. The Morgan fingerprint density at radius 1 is 0.426 bits per heavy atom. The summed E-state index contributed by atoms with van der Waals surface area (Å²) < 4.78 is 14.1. The maximum Gasteiger partial charge on any atom is 0.339 e. The number of hydrogen-bond acceptors (Lipinski definition) is 14. The molecule has 2 aromatic rings. The van der Waals surface area contributed by atoms with Gasteiger partial charge < -0.3 is 39.7 Å². The number of aromatic carboxylic acids is 3. The highest BCUT2D eigenvalue weighted by Crippen LogP contribution is 2.17. The molecule has 101 heavy (non-hydrogen) atoms. The van der Waals surface area contributed by atoms with Crippen molar-refractivity contribution in [2.24, 2.45) is 11.8 Å². The lowest BCUT2D eigenvalue weighted by Crippen LogP contribution is -2.21. The Balaban J connectivity index is -0.000000366. The van der Waals surface area contributed by atoms with Crippen molar-refractivity contribution < 1.29 is 92.5 Å². The lowest BCUT2D eigenvalue weighted by Gasteiger charge is -2.08. The fourth-order valence-corrected chi connectivity index (χ4v) is 9.06. The average Bonchev–Trinajstić information content (AvgIpc) is 0.872. The molecule has 0 aliphatic heterocycles. The van der Waals surface area contributed by atoms with Gasteiger partial charge in [-0.3, -0.25) is 33.6 Å². The van der Waals surface area contributed by atoms with Crippen LogP contribution in [0.5, 0.6) is 0 Å². The highest BCUT2D eigenvalue weighted by atomic mass is 35.5. The van der Waals surface area contributed by atoms with Crippen LogP contribution in [0.4, 0.5) is 0 Å². The largest absolute Gasteiger partial charge is 0.481 e. The first-order valence-corrected chi connectivity index (χ1v) is 37.3. The van der Waals surface area contributed by atoms with Crippen molar-refractivity contribution in [1.29, 1.82) is 0 Å². The van der Waals surface area contributed by atoms with E-state index >= 15 is 0 Å². The van der Waals surface area contributed by atoms with E-state index in [0.717, 1.165) is 64.2 Å². The SMILES string of the molecule is CC(=O)OCCl.CC(C)COC(=O)c1ccccc1C(=O)O.CCC(=O)C(C)=O.CCCCC/C=C\C/C=C\CCCCCCCC(=O)O.CCCCC/C=C\C/C=C\CCCCCCCC(=O)OCC.CCCCCCCCCCCC(C(C)=O)C(=O)O.O=C(O)c1ccccc1C(=O)O. The number of carboxylic acids is 5. The molecule has 0 heterocycles. The number of esters is 3. The fourth-order valence-electron chi connectivity index (χ4n) is 8.91. The van der Waals surface area contributed by atoms with E-state index in [1.54, 1.807) is 19.1 Å².